The molecule has 0 aromatic heterocycles. The molecule has 0 radical (unpaired) electrons. The highest BCUT2D eigenvalue weighted by atomic mass is 35.5. The first-order valence-electron chi connectivity index (χ1n) is 8.15. The van der Waals surface area contributed by atoms with E-state index in [0.29, 0.717) is 23.0 Å². The van der Waals surface area contributed by atoms with Gasteiger partial charge in [-0.25, -0.2) is 4.79 Å². The predicted octanol–water partition coefficient (Wildman–Crippen LogP) is 4.91. The number of hydrogen-bond acceptors (Lipinski definition) is 1. The van der Waals surface area contributed by atoms with Crippen LogP contribution in [0.25, 0.3) is 0 Å². The molecule has 0 heterocycles. The lowest BCUT2D eigenvalue weighted by Crippen LogP contribution is -2.54. The average Bonchev–Trinajstić information content (AvgIpc) is 2.54. The molecule has 0 saturated heterocycles. The summed E-state index contributed by atoms with van der Waals surface area (Å²) in [6, 6.07) is 15.4. The molecule has 2 N–H and O–H groups in total. The van der Waals surface area contributed by atoms with Gasteiger partial charge in [0.25, 0.3) is 0 Å². The Morgan fingerprint density at radius 2 is 1.83 bits per heavy atom. The zero-order chi connectivity index (χ0) is 17.0. The van der Waals surface area contributed by atoms with Gasteiger partial charge >= 0.3 is 6.03 Å². The van der Waals surface area contributed by atoms with Crippen molar-refractivity contribution >= 4 is 29.2 Å². The van der Waals surface area contributed by atoms with E-state index < -0.39 is 0 Å². The van der Waals surface area contributed by atoms with Gasteiger partial charge in [-0.15, -0.1) is 0 Å². The van der Waals surface area contributed by atoms with Crippen molar-refractivity contribution in [3.05, 3.63) is 69.7 Å². The normalized spacial score (nSPS) is 15.4. The van der Waals surface area contributed by atoms with E-state index in [1.165, 1.54) is 5.56 Å². The standard InChI is InChI=1S/C19H20Cl2N2O/c20-16-8-7-14(17(21)13-16)9-12-22-18(24)23-19(10-4-11-19)15-5-2-1-3-6-15/h1-3,5-8,13H,4,9-12H2,(H2,22,23,24). The van der Waals surface area contributed by atoms with E-state index >= 15 is 0 Å². The minimum atomic E-state index is -0.219. The monoisotopic (exact) mass is 362 g/mol. The smallest absolute Gasteiger partial charge is 0.315 e. The highest BCUT2D eigenvalue weighted by Gasteiger charge is 2.39. The molecule has 0 aliphatic heterocycles. The van der Waals surface area contributed by atoms with Crippen LogP contribution in [0.5, 0.6) is 0 Å². The molecule has 1 aliphatic carbocycles. The van der Waals surface area contributed by atoms with Crippen LogP contribution in [0.15, 0.2) is 48.5 Å². The molecular weight excluding hydrogens is 343 g/mol. The van der Waals surface area contributed by atoms with Crippen molar-refractivity contribution in [2.75, 3.05) is 6.54 Å². The van der Waals surface area contributed by atoms with Crippen LogP contribution in [-0.4, -0.2) is 12.6 Å². The first-order valence-corrected chi connectivity index (χ1v) is 8.90. The Morgan fingerprint density at radius 3 is 2.46 bits per heavy atom. The molecular formula is C19H20Cl2N2O. The van der Waals surface area contributed by atoms with Crippen molar-refractivity contribution in [2.45, 2.75) is 31.2 Å². The molecule has 2 aromatic carbocycles. The van der Waals surface area contributed by atoms with Crippen molar-refractivity contribution in [3.8, 4) is 0 Å². The van der Waals surface area contributed by atoms with Crippen LogP contribution >= 0.6 is 23.2 Å². The highest BCUT2D eigenvalue weighted by Crippen LogP contribution is 2.41. The lowest BCUT2D eigenvalue weighted by Gasteiger charge is -2.43. The molecule has 0 spiro atoms. The Balaban J connectivity index is 1.54. The third kappa shape index (κ3) is 3.85. The van der Waals surface area contributed by atoms with Crippen LogP contribution in [0.2, 0.25) is 10.0 Å². The Hall–Kier alpha value is -1.71. The summed E-state index contributed by atoms with van der Waals surface area (Å²) in [5, 5.41) is 7.32. The fourth-order valence-corrected chi connectivity index (χ4v) is 3.57. The molecule has 0 unspecified atom stereocenters. The maximum atomic E-state index is 12.3. The molecule has 24 heavy (non-hydrogen) atoms. The molecule has 126 valence electrons. The summed E-state index contributed by atoms with van der Waals surface area (Å²) in [5.41, 5.74) is 1.93. The molecule has 0 bridgehead atoms. The minimum absolute atomic E-state index is 0.136. The van der Waals surface area contributed by atoms with Crippen molar-refractivity contribution in [1.29, 1.82) is 0 Å². The van der Waals surface area contributed by atoms with E-state index in [2.05, 4.69) is 22.8 Å². The highest BCUT2D eigenvalue weighted by molar-refractivity contribution is 6.35. The van der Waals surface area contributed by atoms with Gasteiger partial charge in [-0.2, -0.15) is 0 Å². The van der Waals surface area contributed by atoms with Crippen LogP contribution in [0.4, 0.5) is 4.79 Å². The van der Waals surface area contributed by atoms with Gasteiger partial charge < -0.3 is 10.6 Å². The lowest BCUT2D eigenvalue weighted by atomic mass is 9.72. The van der Waals surface area contributed by atoms with Gasteiger partial charge in [0.05, 0.1) is 5.54 Å². The van der Waals surface area contributed by atoms with Crippen molar-refractivity contribution in [2.24, 2.45) is 0 Å². The number of carbonyl (C=O) groups excluding carboxylic acids is 1. The molecule has 5 heteroatoms. The second kappa shape index (κ2) is 7.45. The molecule has 2 amide bonds. The van der Waals surface area contributed by atoms with Gasteiger partial charge in [0.1, 0.15) is 0 Å². The molecule has 2 aromatic rings. The second-order valence-electron chi connectivity index (χ2n) is 6.17. The quantitative estimate of drug-likeness (QED) is 0.778. The summed E-state index contributed by atoms with van der Waals surface area (Å²) in [4.78, 5) is 12.3. The molecule has 0 atom stereocenters. The topological polar surface area (TPSA) is 41.1 Å². The zero-order valence-corrected chi connectivity index (χ0v) is 14.8. The zero-order valence-electron chi connectivity index (χ0n) is 13.3. The summed E-state index contributed by atoms with van der Waals surface area (Å²) in [6.45, 7) is 0.526. The van der Waals surface area contributed by atoms with Crippen LogP contribution in [0, 0.1) is 0 Å². The van der Waals surface area contributed by atoms with E-state index in [-0.39, 0.29) is 11.6 Å². The van der Waals surface area contributed by atoms with Gasteiger partial charge in [-0.1, -0.05) is 59.6 Å². The first kappa shape index (κ1) is 17.1. The Morgan fingerprint density at radius 1 is 1.08 bits per heavy atom. The fraction of sp³-hybridized carbons (Fsp3) is 0.316. The number of hydrogen-bond donors (Lipinski definition) is 2. The maximum absolute atomic E-state index is 12.3. The van der Waals surface area contributed by atoms with Gasteiger partial charge in [-0.05, 0) is 48.9 Å². The van der Waals surface area contributed by atoms with E-state index in [0.717, 1.165) is 24.8 Å². The Bertz CT molecular complexity index is 715. The summed E-state index contributed by atoms with van der Waals surface area (Å²) >= 11 is 12.0. The number of nitrogens with one attached hydrogen (secondary N) is 2. The molecule has 3 rings (SSSR count). The predicted molar refractivity (Wildman–Crippen MR) is 98.7 cm³/mol. The number of rotatable bonds is 5. The third-order valence-electron chi connectivity index (χ3n) is 4.58. The van der Waals surface area contributed by atoms with Gasteiger partial charge in [0.15, 0.2) is 0 Å². The number of carbonyl (C=O) groups is 1. The van der Waals surface area contributed by atoms with Crippen LogP contribution in [0.3, 0.4) is 0 Å². The van der Waals surface area contributed by atoms with Crippen LogP contribution in [-0.2, 0) is 12.0 Å². The van der Waals surface area contributed by atoms with Crippen molar-refractivity contribution in [1.82, 2.24) is 10.6 Å². The van der Waals surface area contributed by atoms with Crippen LogP contribution in [0.1, 0.15) is 30.4 Å². The van der Waals surface area contributed by atoms with Crippen molar-refractivity contribution in [3.63, 3.8) is 0 Å². The summed E-state index contributed by atoms with van der Waals surface area (Å²) < 4.78 is 0. The fourth-order valence-electron chi connectivity index (χ4n) is 3.07. The van der Waals surface area contributed by atoms with Crippen molar-refractivity contribution < 1.29 is 4.79 Å². The first-order chi connectivity index (χ1) is 11.6. The second-order valence-corrected chi connectivity index (χ2v) is 7.01. The summed E-state index contributed by atoms with van der Waals surface area (Å²) in [5.74, 6) is 0. The lowest BCUT2D eigenvalue weighted by molar-refractivity contribution is 0.177. The number of benzene rings is 2. The molecule has 1 aliphatic rings. The molecule has 3 nitrogen and oxygen atoms in total. The van der Waals surface area contributed by atoms with E-state index in [1.54, 1.807) is 6.07 Å². The number of urea groups is 1. The van der Waals surface area contributed by atoms with E-state index in [9.17, 15) is 4.79 Å². The molecule has 1 saturated carbocycles. The molecule has 1 fully saturated rings. The maximum Gasteiger partial charge on any atom is 0.315 e. The number of halogens is 2. The third-order valence-corrected chi connectivity index (χ3v) is 5.17. The van der Waals surface area contributed by atoms with Crippen LogP contribution < -0.4 is 10.6 Å². The minimum Gasteiger partial charge on any atom is -0.338 e. The van der Waals surface area contributed by atoms with Gasteiger partial charge in [0.2, 0.25) is 0 Å². The SMILES string of the molecule is O=C(NCCc1ccc(Cl)cc1Cl)NC1(c2ccccc2)CCC1. The summed E-state index contributed by atoms with van der Waals surface area (Å²) in [6.07, 6.45) is 3.76. The van der Waals surface area contributed by atoms with E-state index in [1.807, 2.05) is 30.3 Å². The Kier molecular flexibility index (Phi) is 5.32. The summed E-state index contributed by atoms with van der Waals surface area (Å²) in [7, 11) is 0. The van der Waals surface area contributed by atoms with E-state index in [4.69, 9.17) is 23.2 Å². The van der Waals surface area contributed by atoms with Gasteiger partial charge in [0, 0.05) is 16.6 Å². The largest absolute Gasteiger partial charge is 0.338 e. The Labute approximate surface area is 152 Å². The number of amides is 2. The average molecular weight is 363 g/mol. The van der Waals surface area contributed by atoms with Gasteiger partial charge in [-0.3, -0.25) is 0 Å².